The van der Waals surface area contributed by atoms with Gasteiger partial charge in [-0.2, -0.15) is 13.2 Å². The van der Waals surface area contributed by atoms with Gasteiger partial charge in [-0.05, 0) is 54.3 Å². The van der Waals surface area contributed by atoms with E-state index in [9.17, 15) is 18.0 Å². The van der Waals surface area contributed by atoms with Gasteiger partial charge in [0.25, 0.3) is 0 Å². The van der Waals surface area contributed by atoms with E-state index in [0.717, 1.165) is 17.4 Å². The van der Waals surface area contributed by atoms with Crippen LogP contribution in [0, 0.1) is 11.8 Å². The van der Waals surface area contributed by atoms with E-state index >= 15 is 0 Å². The van der Waals surface area contributed by atoms with Gasteiger partial charge in [-0.3, -0.25) is 4.79 Å². The average molecular weight is 496 g/mol. The normalized spacial score (nSPS) is 20.1. The van der Waals surface area contributed by atoms with Crippen molar-refractivity contribution < 1.29 is 22.7 Å². The number of ether oxygens (including phenoxy) is 1. The zero-order valence-corrected chi connectivity index (χ0v) is 20.2. The number of methoxy groups -OCH3 is 1. The zero-order valence-electron chi connectivity index (χ0n) is 19.5. The van der Waals surface area contributed by atoms with Crippen LogP contribution >= 0.6 is 11.6 Å². The largest absolute Gasteiger partial charge is 0.495 e. The molecule has 4 rings (SSSR count). The minimum Gasteiger partial charge on any atom is -0.495 e. The Labute approximate surface area is 202 Å². The van der Waals surface area contributed by atoms with Crippen LogP contribution in [-0.4, -0.2) is 45.2 Å². The second kappa shape index (κ2) is 9.56. The number of anilines is 2. The molecule has 1 fully saturated rings. The van der Waals surface area contributed by atoms with E-state index < -0.39 is 17.7 Å². The van der Waals surface area contributed by atoms with Crippen molar-refractivity contribution in [2.75, 3.05) is 43.1 Å². The maximum atomic E-state index is 13.4. The molecule has 0 radical (unpaired) electrons. The van der Waals surface area contributed by atoms with Crippen molar-refractivity contribution in [3.63, 3.8) is 0 Å². The number of halogens is 4. The third-order valence-corrected chi connectivity index (χ3v) is 6.78. The molecule has 9 heteroatoms. The van der Waals surface area contributed by atoms with Gasteiger partial charge < -0.3 is 19.9 Å². The number of fused-ring (bicyclic) bond motifs is 3. The van der Waals surface area contributed by atoms with Gasteiger partial charge >= 0.3 is 6.18 Å². The summed E-state index contributed by atoms with van der Waals surface area (Å²) in [7, 11) is 1.60. The number of hydrogen-bond donors (Lipinski definition) is 1. The van der Waals surface area contributed by atoms with Gasteiger partial charge in [0.1, 0.15) is 5.75 Å². The monoisotopic (exact) mass is 495 g/mol. The molecule has 0 saturated carbocycles. The highest BCUT2D eigenvalue weighted by atomic mass is 35.5. The van der Waals surface area contributed by atoms with Crippen molar-refractivity contribution in [2.24, 2.45) is 11.8 Å². The number of carbonyl (C=O) groups is 1. The van der Waals surface area contributed by atoms with Crippen molar-refractivity contribution in [3.8, 4) is 5.75 Å². The predicted molar refractivity (Wildman–Crippen MR) is 128 cm³/mol. The highest BCUT2D eigenvalue weighted by Crippen LogP contribution is 2.41. The fraction of sp³-hybridized carbons (Fsp3) is 0.480. The summed E-state index contributed by atoms with van der Waals surface area (Å²) >= 11 is 6.25. The highest BCUT2D eigenvalue weighted by Gasteiger charge is 2.43. The number of nitrogens with zero attached hydrogens (tertiary/aromatic N) is 2. The SMILES string of the molecule is COc1ccc(Cl)cc1N1CCN2c3ccc(C(F)(F)F)cc3C[C@H](C(=O)NCC(C)C)[C@@H]2C1. The molecule has 1 amide bonds. The number of benzene rings is 2. The second-order valence-corrected chi connectivity index (χ2v) is 9.75. The Morgan fingerprint density at radius 1 is 1.18 bits per heavy atom. The van der Waals surface area contributed by atoms with Crippen LogP contribution in [0.5, 0.6) is 5.75 Å². The summed E-state index contributed by atoms with van der Waals surface area (Å²) in [6.07, 6.45) is -4.17. The molecule has 2 atom stereocenters. The summed E-state index contributed by atoms with van der Waals surface area (Å²) in [4.78, 5) is 17.5. The van der Waals surface area contributed by atoms with Crippen molar-refractivity contribution in [3.05, 3.63) is 52.5 Å². The standard InChI is InChI=1S/C25H29ClF3N3O2/c1-15(2)13-30-24(33)19-11-16-10-17(25(27,28)29)4-6-20(16)32-9-8-31(14-22(19)32)21-12-18(26)5-7-23(21)34-3/h4-7,10,12,15,19,22H,8-9,11,13-14H2,1-3H3,(H,30,33)/t19-,22-/m0/s1. The number of amides is 1. The molecule has 2 aliphatic heterocycles. The van der Waals surface area contributed by atoms with Crippen LogP contribution in [-0.2, 0) is 17.4 Å². The average Bonchev–Trinajstić information content (AvgIpc) is 2.80. The fourth-order valence-corrected chi connectivity index (χ4v) is 5.03. The summed E-state index contributed by atoms with van der Waals surface area (Å²) < 4.78 is 45.7. The maximum absolute atomic E-state index is 13.4. The van der Waals surface area contributed by atoms with Crippen molar-refractivity contribution in [2.45, 2.75) is 32.5 Å². The smallest absolute Gasteiger partial charge is 0.416 e. The lowest BCUT2D eigenvalue weighted by molar-refractivity contribution is -0.137. The van der Waals surface area contributed by atoms with E-state index in [4.69, 9.17) is 16.3 Å². The third-order valence-electron chi connectivity index (χ3n) is 6.54. The number of nitrogens with one attached hydrogen (secondary N) is 1. The van der Waals surface area contributed by atoms with Gasteiger partial charge in [-0.1, -0.05) is 25.4 Å². The molecule has 1 saturated heterocycles. The highest BCUT2D eigenvalue weighted by molar-refractivity contribution is 6.31. The third kappa shape index (κ3) is 4.92. The first-order chi connectivity index (χ1) is 16.1. The zero-order chi connectivity index (χ0) is 24.6. The summed E-state index contributed by atoms with van der Waals surface area (Å²) in [5, 5.41) is 3.58. The van der Waals surface area contributed by atoms with Crippen LogP contribution < -0.4 is 19.9 Å². The summed E-state index contributed by atoms with van der Waals surface area (Å²) in [6, 6.07) is 9.08. The molecule has 1 N–H and O–H groups in total. The molecule has 34 heavy (non-hydrogen) atoms. The van der Waals surface area contributed by atoms with Crippen LogP contribution in [0.3, 0.4) is 0 Å². The van der Waals surface area contributed by atoms with Gasteiger partial charge in [0, 0.05) is 36.9 Å². The lowest BCUT2D eigenvalue weighted by atomic mass is 9.82. The second-order valence-electron chi connectivity index (χ2n) is 9.31. The first-order valence-corrected chi connectivity index (χ1v) is 11.8. The van der Waals surface area contributed by atoms with Crippen LogP contribution in [0.1, 0.15) is 25.0 Å². The van der Waals surface area contributed by atoms with Crippen LogP contribution in [0.4, 0.5) is 24.5 Å². The first-order valence-electron chi connectivity index (χ1n) is 11.4. The van der Waals surface area contributed by atoms with E-state index in [-0.39, 0.29) is 24.3 Å². The molecular weight excluding hydrogens is 467 g/mol. The van der Waals surface area contributed by atoms with Gasteiger partial charge in [0.15, 0.2) is 0 Å². The number of carbonyl (C=O) groups excluding carboxylic acids is 1. The molecule has 0 bridgehead atoms. The van der Waals surface area contributed by atoms with Crippen LogP contribution in [0.2, 0.25) is 5.02 Å². The fourth-order valence-electron chi connectivity index (χ4n) is 4.86. The minimum atomic E-state index is -4.43. The predicted octanol–water partition coefficient (Wildman–Crippen LogP) is 5.01. The van der Waals surface area contributed by atoms with Gasteiger partial charge in [-0.25, -0.2) is 0 Å². The molecule has 2 aliphatic rings. The number of piperazine rings is 1. The Kier molecular flexibility index (Phi) is 6.90. The quantitative estimate of drug-likeness (QED) is 0.633. The van der Waals surface area contributed by atoms with Gasteiger partial charge in [-0.15, -0.1) is 0 Å². The molecule has 2 heterocycles. The Balaban J connectivity index is 1.69. The minimum absolute atomic E-state index is 0.133. The summed E-state index contributed by atoms with van der Waals surface area (Å²) in [6.45, 7) is 6.24. The van der Waals surface area contributed by atoms with Crippen LogP contribution in [0.15, 0.2) is 36.4 Å². The van der Waals surface area contributed by atoms with E-state index in [2.05, 4.69) is 15.1 Å². The molecule has 0 aliphatic carbocycles. The lowest BCUT2D eigenvalue weighted by Gasteiger charge is -2.50. The number of hydrogen-bond acceptors (Lipinski definition) is 4. The molecule has 2 aromatic carbocycles. The lowest BCUT2D eigenvalue weighted by Crippen LogP contribution is -2.61. The van der Waals surface area contributed by atoms with E-state index in [0.29, 0.717) is 42.5 Å². The van der Waals surface area contributed by atoms with Crippen molar-refractivity contribution in [1.29, 1.82) is 0 Å². The molecular formula is C25H29ClF3N3O2. The first kappa shape index (κ1) is 24.5. The van der Waals surface area contributed by atoms with Gasteiger partial charge in [0.05, 0.1) is 30.3 Å². The number of alkyl halides is 3. The molecule has 0 spiro atoms. The number of rotatable bonds is 5. The van der Waals surface area contributed by atoms with Gasteiger partial charge in [0.2, 0.25) is 5.91 Å². The summed E-state index contributed by atoms with van der Waals surface area (Å²) in [5.41, 5.74) is 1.48. The molecule has 184 valence electrons. The Morgan fingerprint density at radius 3 is 2.62 bits per heavy atom. The van der Waals surface area contributed by atoms with Crippen molar-refractivity contribution in [1.82, 2.24) is 5.32 Å². The molecule has 0 unspecified atom stereocenters. The van der Waals surface area contributed by atoms with E-state index in [1.807, 2.05) is 26.0 Å². The molecule has 2 aromatic rings. The van der Waals surface area contributed by atoms with Crippen LogP contribution in [0.25, 0.3) is 0 Å². The molecule has 5 nitrogen and oxygen atoms in total. The topological polar surface area (TPSA) is 44.8 Å². The molecule has 0 aromatic heterocycles. The Morgan fingerprint density at radius 2 is 1.94 bits per heavy atom. The summed E-state index contributed by atoms with van der Waals surface area (Å²) in [5.74, 6) is 0.338. The Bertz CT molecular complexity index is 1060. The van der Waals surface area contributed by atoms with E-state index in [1.54, 1.807) is 19.2 Å². The van der Waals surface area contributed by atoms with E-state index in [1.165, 1.54) is 6.07 Å². The Hall–Kier alpha value is -2.61. The van der Waals surface area contributed by atoms with Crippen molar-refractivity contribution >= 4 is 28.9 Å². The maximum Gasteiger partial charge on any atom is 0.416 e.